The number of aromatic nitrogens is 2. The van der Waals surface area contributed by atoms with Crippen molar-refractivity contribution in [2.45, 2.75) is 18.7 Å². The van der Waals surface area contributed by atoms with E-state index < -0.39 is 0 Å². The lowest BCUT2D eigenvalue weighted by Crippen LogP contribution is -2.29. The van der Waals surface area contributed by atoms with Crippen LogP contribution in [0.3, 0.4) is 0 Å². The molecule has 1 atom stereocenters. The Morgan fingerprint density at radius 1 is 1.50 bits per heavy atom. The van der Waals surface area contributed by atoms with Gasteiger partial charge in [0.1, 0.15) is 12.1 Å². The normalized spacial score (nSPS) is 12.5. The number of nitrogens with zero attached hydrogens (tertiary/aromatic N) is 3. The Balaban J connectivity index is 2.61. The summed E-state index contributed by atoms with van der Waals surface area (Å²) in [4.78, 5) is 10.4. The SMILES string of the molecule is CCc1cc(N(C)CC(Cl)COC)ncn1. The predicted octanol–water partition coefficient (Wildman–Crippen LogP) is 1.73. The number of aryl methyl sites for hydroxylation is 1. The quantitative estimate of drug-likeness (QED) is 0.714. The van der Waals surface area contributed by atoms with Crippen molar-refractivity contribution in [1.82, 2.24) is 9.97 Å². The summed E-state index contributed by atoms with van der Waals surface area (Å²) in [6.45, 7) is 3.31. The zero-order valence-corrected chi connectivity index (χ0v) is 10.7. The molecular weight excluding hydrogens is 226 g/mol. The van der Waals surface area contributed by atoms with Crippen LogP contribution < -0.4 is 4.90 Å². The molecule has 5 heteroatoms. The van der Waals surface area contributed by atoms with Gasteiger partial charge in [0.15, 0.2) is 0 Å². The van der Waals surface area contributed by atoms with Gasteiger partial charge in [-0.3, -0.25) is 0 Å². The molecule has 0 N–H and O–H groups in total. The van der Waals surface area contributed by atoms with Gasteiger partial charge in [0, 0.05) is 32.5 Å². The van der Waals surface area contributed by atoms with Gasteiger partial charge in [-0.15, -0.1) is 11.6 Å². The lowest BCUT2D eigenvalue weighted by molar-refractivity contribution is 0.199. The molecule has 1 aromatic rings. The van der Waals surface area contributed by atoms with Crippen molar-refractivity contribution in [2.24, 2.45) is 0 Å². The van der Waals surface area contributed by atoms with Gasteiger partial charge in [-0.1, -0.05) is 6.92 Å². The summed E-state index contributed by atoms with van der Waals surface area (Å²) in [5.41, 5.74) is 1.04. The van der Waals surface area contributed by atoms with Crippen LogP contribution in [0.5, 0.6) is 0 Å². The molecule has 0 aliphatic carbocycles. The first kappa shape index (κ1) is 13.2. The van der Waals surface area contributed by atoms with Crippen LogP contribution in [0.2, 0.25) is 0 Å². The first-order valence-corrected chi connectivity index (χ1v) is 5.76. The van der Waals surface area contributed by atoms with E-state index in [1.165, 1.54) is 0 Å². The summed E-state index contributed by atoms with van der Waals surface area (Å²) < 4.78 is 4.99. The van der Waals surface area contributed by atoms with Gasteiger partial charge in [-0.05, 0) is 6.42 Å². The van der Waals surface area contributed by atoms with Gasteiger partial charge < -0.3 is 9.64 Å². The predicted molar refractivity (Wildman–Crippen MR) is 66.2 cm³/mol. The molecule has 16 heavy (non-hydrogen) atoms. The molecule has 1 heterocycles. The molecule has 0 radical (unpaired) electrons. The van der Waals surface area contributed by atoms with Gasteiger partial charge in [-0.2, -0.15) is 0 Å². The molecule has 0 fully saturated rings. The fourth-order valence-corrected chi connectivity index (χ4v) is 1.75. The summed E-state index contributed by atoms with van der Waals surface area (Å²) in [7, 11) is 3.61. The summed E-state index contributed by atoms with van der Waals surface area (Å²) in [5.74, 6) is 0.897. The van der Waals surface area contributed by atoms with Crippen LogP contribution in [0.1, 0.15) is 12.6 Å². The Labute approximate surface area is 102 Å². The molecule has 0 aliphatic rings. The van der Waals surface area contributed by atoms with E-state index in [1.54, 1.807) is 13.4 Å². The minimum absolute atomic E-state index is 0.0324. The molecule has 1 aromatic heterocycles. The van der Waals surface area contributed by atoms with Crippen molar-refractivity contribution in [3.8, 4) is 0 Å². The molecule has 0 bridgehead atoms. The Bertz CT molecular complexity index is 322. The van der Waals surface area contributed by atoms with Crippen molar-refractivity contribution >= 4 is 17.4 Å². The average molecular weight is 244 g/mol. The third-order valence-electron chi connectivity index (χ3n) is 2.28. The van der Waals surface area contributed by atoms with E-state index in [0.717, 1.165) is 17.9 Å². The van der Waals surface area contributed by atoms with E-state index in [-0.39, 0.29) is 5.38 Å². The molecule has 90 valence electrons. The topological polar surface area (TPSA) is 38.2 Å². The molecule has 1 rings (SSSR count). The van der Waals surface area contributed by atoms with Crippen LogP contribution in [0.4, 0.5) is 5.82 Å². The number of halogens is 1. The van der Waals surface area contributed by atoms with Crippen molar-refractivity contribution in [1.29, 1.82) is 0 Å². The second-order valence-corrected chi connectivity index (χ2v) is 4.27. The molecule has 0 saturated carbocycles. The van der Waals surface area contributed by atoms with Gasteiger partial charge >= 0.3 is 0 Å². The van der Waals surface area contributed by atoms with Gasteiger partial charge in [0.2, 0.25) is 0 Å². The Hall–Kier alpha value is -0.870. The van der Waals surface area contributed by atoms with Crippen molar-refractivity contribution in [3.63, 3.8) is 0 Å². The lowest BCUT2D eigenvalue weighted by atomic mass is 10.3. The summed E-state index contributed by atoms with van der Waals surface area (Å²) in [6.07, 6.45) is 2.50. The lowest BCUT2D eigenvalue weighted by Gasteiger charge is -2.21. The number of ether oxygens (including phenoxy) is 1. The third-order valence-corrected chi connectivity index (χ3v) is 2.55. The van der Waals surface area contributed by atoms with Gasteiger partial charge in [0.25, 0.3) is 0 Å². The molecule has 0 amide bonds. The molecule has 0 aromatic carbocycles. The van der Waals surface area contributed by atoms with Crippen LogP contribution in [0.25, 0.3) is 0 Å². The number of hydrogen-bond acceptors (Lipinski definition) is 4. The van der Waals surface area contributed by atoms with Crippen molar-refractivity contribution in [2.75, 3.05) is 32.2 Å². The number of alkyl halides is 1. The second kappa shape index (κ2) is 6.66. The highest BCUT2D eigenvalue weighted by molar-refractivity contribution is 6.21. The Morgan fingerprint density at radius 3 is 2.88 bits per heavy atom. The van der Waals surface area contributed by atoms with Crippen molar-refractivity contribution < 1.29 is 4.74 Å². The van der Waals surface area contributed by atoms with Gasteiger partial charge in [-0.25, -0.2) is 9.97 Å². The van der Waals surface area contributed by atoms with Crippen LogP contribution >= 0.6 is 11.6 Å². The minimum Gasteiger partial charge on any atom is -0.383 e. The van der Waals surface area contributed by atoms with E-state index in [0.29, 0.717) is 13.2 Å². The highest BCUT2D eigenvalue weighted by Gasteiger charge is 2.10. The molecule has 0 saturated heterocycles. The van der Waals surface area contributed by atoms with Gasteiger partial charge in [0.05, 0.1) is 12.0 Å². The maximum atomic E-state index is 6.09. The van der Waals surface area contributed by atoms with Crippen LogP contribution in [0, 0.1) is 0 Å². The fraction of sp³-hybridized carbons (Fsp3) is 0.636. The Morgan fingerprint density at radius 2 is 2.25 bits per heavy atom. The molecule has 0 aliphatic heterocycles. The maximum absolute atomic E-state index is 6.09. The third kappa shape index (κ3) is 3.94. The number of anilines is 1. The number of methoxy groups -OCH3 is 1. The van der Waals surface area contributed by atoms with E-state index in [2.05, 4.69) is 16.9 Å². The van der Waals surface area contributed by atoms with Crippen LogP contribution in [-0.4, -0.2) is 42.7 Å². The number of hydrogen-bond donors (Lipinski definition) is 0. The highest BCUT2D eigenvalue weighted by atomic mass is 35.5. The largest absolute Gasteiger partial charge is 0.383 e. The highest BCUT2D eigenvalue weighted by Crippen LogP contribution is 2.11. The minimum atomic E-state index is -0.0324. The first-order valence-electron chi connectivity index (χ1n) is 5.32. The van der Waals surface area contributed by atoms with E-state index in [9.17, 15) is 0 Å². The van der Waals surface area contributed by atoms with Crippen LogP contribution in [-0.2, 0) is 11.2 Å². The smallest absolute Gasteiger partial charge is 0.131 e. The number of rotatable bonds is 6. The van der Waals surface area contributed by atoms with Crippen molar-refractivity contribution in [3.05, 3.63) is 18.1 Å². The van der Waals surface area contributed by atoms with E-state index in [4.69, 9.17) is 16.3 Å². The Kier molecular flexibility index (Phi) is 5.49. The summed E-state index contributed by atoms with van der Waals surface area (Å²) >= 11 is 6.09. The van der Waals surface area contributed by atoms with E-state index in [1.807, 2.05) is 18.0 Å². The monoisotopic (exact) mass is 243 g/mol. The fourth-order valence-electron chi connectivity index (χ4n) is 1.41. The standard InChI is InChI=1S/C11H18ClN3O/c1-4-10-5-11(14-8-13-10)15(2)6-9(12)7-16-3/h5,8-9H,4,6-7H2,1-3H3. The summed E-state index contributed by atoms with van der Waals surface area (Å²) in [6, 6.07) is 1.98. The molecule has 0 spiro atoms. The maximum Gasteiger partial charge on any atom is 0.131 e. The zero-order valence-electron chi connectivity index (χ0n) is 9.98. The average Bonchev–Trinajstić information content (AvgIpc) is 2.29. The second-order valence-electron chi connectivity index (χ2n) is 3.65. The summed E-state index contributed by atoms with van der Waals surface area (Å²) in [5, 5.41) is -0.0324. The van der Waals surface area contributed by atoms with E-state index >= 15 is 0 Å². The molecule has 4 nitrogen and oxygen atoms in total. The van der Waals surface area contributed by atoms with Crippen LogP contribution in [0.15, 0.2) is 12.4 Å². The first-order chi connectivity index (χ1) is 7.67. The molecule has 1 unspecified atom stereocenters. The molecular formula is C11H18ClN3O. The zero-order chi connectivity index (χ0) is 12.0.